The van der Waals surface area contributed by atoms with Crippen LogP contribution in [0, 0.1) is 5.92 Å². The first-order chi connectivity index (χ1) is 8.58. The number of aromatic nitrogens is 2. The number of hydrogen-bond donors (Lipinski definition) is 1. The van der Waals surface area contributed by atoms with Gasteiger partial charge in [0.1, 0.15) is 10.3 Å². The monoisotopic (exact) mass is 306 g/mol. The molecule has 0 unspecified atom stereocenters. The smallest absolute Gasteiger partial charge is 0.265 e. The third-order valence-corrected chi connectivity index (χ3v) is 3.30. The first kappa shape index (κ1) is 13.0. The van der Waals surface area contributed by atoms with Gasteiger partial charge in [0, 0.05) is 12.0 Å². The van der Waals surface area contributed by atoms with Crippen LogP contribution in [0.1, 0.15) is 19.7 Å². The summed E-state index contributed by atoms with van der Waals surface area (Å²) in [5.41, 5.74) is 1.52. The van der Waals surface area contributed by atoms with Crippen LogP contribution >= 0.6 is 15.9 Å². The summed E-state index contributed by atoms with van der Waals surface area (Å²) in [6.45, 7) is 4.20. The predicted molar refractivity (Wildman–Crippen MR) is 76.5 cm³/mol. The Kier molecular flexibility index (Phi) is 3.97. The lowest BCUT2D eigenvalue weighted by Crippen LogP contribution is -2.15. The van der Waals surface area contributed by atoms with Gasteiger partial charge in [-0.25, -0.2) is 4.98 Å². The molecule has 0 spiro atoms. The van der Waals surface area contributed by atoms with Crippen LogP contribution in [0.2, 0.25) is 0 Å². The van der Waals surface area contributed by atoms with Gasteiger partial charge in [0.05, 0.1) is 5.69 Å². The summed E-state index contributed by atoms with van der Waals surface area (Å²) in [7, 11) is 0. The summed E-state index contributed by atoms with van der Waals surface area (Å²) in [6.07, 6.45) is 0.766. The zero-order chi connectivity index (χ0) is 13.1. The van der Waals surface area contributed by atoms with Crippen LogP contribution < -0.4 is 5.56 Å². The third-order valence-electron chi connectivity index (χ3n) is 2.56. The molecule has 2 rings (SSSR count). The standard InChI is InChI=1S/C14H15BrN2O/c1-9(2)8-11-16-13(12(15)14(18)17-11)10-6-4-3-5-7-10/h3-7,9H,8H2,1-2H3,(H,16,17,18). The Morgan fingerprint density at radius 2 is 1.94 bits per heavy atom. The lowest BCUT2D eigenvalue weighted by Gasteiger charge is -2.08. The van der Waals surface area contributed by atoms with E-state index in [0.717, 1.165) is 17.8 Å². The molecule has 0 fully saturated rings. The molecule has 3 nitrogen and oxygen atoms in total. The van der Waals surface area contributed by atoms with E-state index in [0.29, 0.717) is 16.1 Å². The second kappa shape index (κ2) is 5.48. The van der Waals surface area contributed by atoms with Gasteiger partial charge in [-0.15, -0.1) is 0 Å². The molecular formula is C14H15BrN2O. The Hall–Kier alpha value is -1.42. The van der Waals surface area contributed by atoms with Crippen LogP contribution in [0.25, 0.3) is 11.3 Å². The Morgan fingerprint density at radius 1 is 1.28 bits per heavy atom. The molecular weight excluding hydrogens is 292 g/mol. The Balaban J connectivity index is 2.53. The highest BCUT2D eigenvalue weighted by Gasteiger charge is 2.11. The minimum absolute atomic E-state index is 0.125. The fraction of sp³-hybridized carbons (Fsp3) is 0.286. The molecule has 0 amide bonds. The first-order valence-electron chi connectivity index (χ1n) is 5.92. The molecule has 0 aliphatic heterocycles. The number of nitrogens with one attached hydrogen (secondary N) is 1. The second-order valence-corrected chi connectivity index (χ2v) is 5.43. The van der Waals surface area contributed by atoms with Crippen LogP contribution in [-0.4, -0.2) is 9.97 Å². The number of nitrogens with zero attached hydrogens (tertiary/aromatic N) is 1. The normalized spacial score (nSPS) is 10.9. The van der Waals surface area contributed by atoms with Gasteiger partial charge < -0.3 is 4.98 Å². The third kappa shape index (κ3) is 2.88. The lowest BCUT2D eigenvalue weighted by atomic mass is 10.1. The van der Waals surface area contributed by atoms with Crippen LogP contribution in [0.3, 0.4) is 0 Å². The average molecular weight is 307 g/mol. The summed E-state index contributed by atoms with van der Waals surface area (Å²) >= 11 is 3.31. The maximum absolute atomic E-state index is 11.9. The van der Waals surface area contributed by atoms with Crippen molar-refractivity contribution in [3.8, 4) is 11.3 Å². The zero-order valence-corrected chi connectivity index (χ0v) is 12.0. The van der Waals surface area contributed by atoms with Gasteiger partial charge in [-0.1, -0.05) is 44.2 Å². The number of rotatable bonds is 3. The molecule has 0 aliphatic carbocycles. The average Bonchev–Trinajstić information content (AvgIpc) is 2.34. The van der Waals surface area contributed by atoms with Crippen LogP contribution in [-0.2, 0) is 6.42 Å². The summed E-state index contributed by atoms with van der Waals surface area (Å²) in [5, 5.41) is 0. The van der Waals surface area contributed by atoms with Crippen molar-refractivity contribution >= 4 is 15.9 Å². The molecule has 1 heterocycles. The van der Waals surface area contributed by atoms with Crippen LogP contribution in [0.5, 0.6) is 0 Å². The van der Waals surface area contributed by atoms with Crippen LogP contribution in [0.4, 0.5) is 0 Å². The van der Waals surface area contributed by atoms with Crippen molar-refractivity contribution in [1.82, 2.24) is 9.97 Å². The number of H-pyrrole nitrogens is 1. The molecule has 2 aromatic rings. The topological polar surface area (TPSA) is 45.8 Å². The fourth-order valence-corrected chi connectivity index (χ4v) is 2.19. The van der Waals surface area contributed by atoms with E-state index in [9.17, 15) is 4.79 Å². The summed E-state index contributed by atoms with van der Waals surface area (Å²) in [6, 6.07) is 9.72. The lowest BCUT2D eigenvalue weighted by molar-refractivity contribution is 0.619. The maximum Gasteiger partial charge on any atom is 0.265 e. The van der Waals surface area contributed by atoms with Crippen molar-refractivity contribution < 1.29 is 0 Å². The Labute approximate surface area is 114 Å². The van der Waals surface area contributed by atoms with E-state index in [2.05, 4.69) is 39.7 Å². The van der Waals surface area contributed by atoms with E-state index in [-0.39, 0.29) is 5.56 Å². The highest BCUT2D eigenvalue weighted by Crippen LogP contribution is 2.23. The van der Waals surface area contributed by atoms with Gasteiger partial charge in [0.15, 0.2) is 0 Å². The van der Waals surface area contributed by atoms with E-state index in [1.807, 2.05) is 30.3 Å². The van der Waals surface area contributed by atoms with Crippen molar-refractivity contribution in [2.24, 2.45) is 5.92 Å². The second-order valence-electron chi connectivity index (χ2n) is 4.64. The summed E-state index contributed by atoms with van der Waals surface area (Å²) < 4.78 is 0.487. The molecule has 0 bridgehead atoms. The molecule has 4 heteroatoms. The molecule has 18 heavy (non-hydrogen) atoms. The highest BCUT2D eigenvalue weighted by atomic mass is 79.9. The van der Waals surface area contributed by atoms with Crippen molar-refractivity contribution in [2.75, 3.05) is 0 Å². The molecule has 1 aromatic heterocycles. The number of benzene rings is 1. The van der Waals surface area contributed by atoms with Gasteiger partial charge in [-0.3, -0.25) is 4.79 Å². The Bertz CT molecular complexity index is 590. The van der Waals surface area contributed by atoms with Crippen molar-refractivity contribution in [1.29, 1.82) is 0 Å². The summed E-state index contributed by atoms with van der Waals surface area (Å²) in [4.78, 5) is 19.2. The van der Waals surface area contributed by atoms with E-state index in [4.69, 9.17) is 0 Å². The molecule has 0 saturated carbocycles. The van der Waals surface area contributed by atoms with E-state index < -0.39 is 0 Å². The highest BCUT2D eigenvalue weighted by molar-refractivity contribution is 9.10. The van der Waals surface area contributed by atoms with Crippen LogP contribution in [0.15, 0.2) is 39.6 Å². The zero-order valence-electron chi connectivity index (χ0n) is 10.4. The van der Waals surface area contributed by atoms with Gasteiger partial charge >= 0.3 is 0 Å². The molecule has 0 aliphatic rings. The Morgan fingerprint density at radius 3 is 2.56 bits per heavy atom. The molecule has 0 radical (unpaired) electrons. The van der Waals surface area contributed by atoms with E-state index >= 15 is 0 Å². The van der Waals surface area contributed by atoms with Gasteiger partial charge in [0.25, 0.3) is 5.56 Å². The SMILES string of the molecule is CC(C)Cc1nc(-c2ccccc2)c(Br)c(=O)[nH]1. The molecule has 1 aromatic carbocycles. The number of aromatic amines is 1. The van der Waals surface area contributed by atoms with Gasteiger partial charge in [0.2, 0.25) is 0 Å². The maximum atomic E-state index is 11.9. The van der Waals surface area contributed by atoms with Gasteiger partial charge in [-0.05, 0) is 21.8 Å². The minimum Gasteiger partial charge on any atom is -0.310 e. The molecule has 0 atom stereocenters. The number of halogens is 1. The molecule has 94 valence electrons. The fourth-order valence-electron chi connectivity index (χ4n) is 1.78. The first-order valence-corrected chi connectivity index (χ1v) is 6.71. The van der Waals surface area contributed by atoms with Crippen molar-refractivity contribution in [3.05, 3.63) is 51.0 Å². The predicted octanol–water partition coefficient (Wildman–Crippen LogP) is 3.40. The minimum atomic E-state index is -0.125. The van der Waals surface area contributed by atoms with E-state index in [1.165, 1.54) is 0 Å². The largest absolute Gasteiger partial charge is 0.310 e. The number of hydrogen-bond acceptors (Lipinski definition) is 2. The van der Waals surface area contributed by atoms with E-state index in [1.54, 1.807) is 0 Å². The molecule has 0 saturated heterocycles. The summed E-state index contributed by atoms with van der Waals surface area (Å²) in [5.74, 6) is 1.19. The quantitative estimate of drug-likeness (QED) is 0.944. The van der Waals surface area contributed by atoms with Crippen molar-refractivity contribution in [3.63, 3.8) is 0 Å². The van der Waals surface area contributed by atoms with Crippen molar-refractivity contribution in [2.45, 2.75) is 20.3 Å². The molecule has 1 N–H and O–H groups in total. The van der Waals surface area contributed by atoms with Gasteiger partial charge in [-0.2, -0.15) is 0 Å².